The van der Waals surface area contributed by atoms with Crippen molar-refractivity contribution in [2.75, 3.05) is 5.32 Å². The van der Waals surface area contributed by atoms with E-state index in [2.05, 4.69) is 15.5 Å². The van der Waals surface area contributed by atoms with E-state index in [0.29, 0.717) is 33.7 Å². The van der Waals surface area contributed by atoms with Gasteiger partial charge in [-0.2, -0.15) is 10.2 Å². The maximum atomic E-state index is 13.0. The van der Waals surface area contributed by atoms with E-state index in [1.165, 1.54) is 0 Å². The summed E-state index contributed by atoms with van der Waals surface area (Å²) >= 11 is 12.1. The lowest BCUT2D eigenvalue weighted by atomic mass is 10.2. The van der Waals surface area contributed by atoms with E-state index in [0.717, 1.165) is 22.6 Å². The lowest BCUT2D eigenvalue weighted by Gasteiger charge is -2.06. The van der Waals surface area contributed by atoms with Gasteiger partial charge in [0.2, 0.25) is 0 Å². The Morgan fingerprint density at radius 3 is 2.42 bits per heavy atom. The molecule has 4 rings (SSSR count). The summed E-state index contributed by atoms with van der Waals surface area (Å²) in [6.07, 6.45) is 0. The van der Waals surface area contributed by atoms with Crippen molar-refractivity contribution < 1.29 is 4.79 Å². The highest BCUT2D eigenvalue weighted by molar-refractivity contribution is 6.42. The van der Waals surface area contributed by atoms with Crippen LogP contribution in [0, 0.1) is 20.8 Å². The van der Waals surface area contributed by atoms with Crippen LogP contribution in [0.2, 0.25) is 10.0 Å². The second-order valence-corrected chi connectivity index (χ2v) is 8.14. The number of anilines is 1. The molecule has 2 heterocycles. The van der Waals surface area contributed by atoms with Crippen molar-refractivity contribution in [1.29, 1.82) is 0 Å². The molecule has 0 bridgehead atoms. The van der Waals surface area contributed by atoms with Crippen LogP contribution in [0.25, 0.3) is 5.69 Å². The largest absolute Gasteiger partial charge is 0.305 e. The van der Waals surface area contributed by atoms with E-state index < -0.39 is 0 Å². The summed E-state index contributed by atoms with van der Waals surface area (Å²) < 4.78 is 3.58. The molecule has 0 unspecified atom stereocenters. The van der Waals surface area contributed by atoms with Gasteiger partial charge in [-0.1, -0.05) is 47.5 Å². The van der Waals surface area contributed by atoms with Gasteiger partial charge in [0.1, 0.15) is 0 Å². The number of aryl methyl sites for hydroxylation is 2. The van der Waals surface area contributed by atoms with Crippen LogP contribution in [0.15, 0.2) is 54.6 Å². The summed E-state index contributed by atoms with van der Waals surface area (Å²) in [7, 11) is 0. The molecule has 0 aliphatic heterocycles. The molecule has 31 heavy (non-hydrogen) atoms. The third-order valence-corrected chi connectivity index (χ3v) is 5.80. The number of amides is 1. The minimum atomic E-state index is -0.239. The molecule has 0 aliphatic carbocycles. The minimum absolute atomic E-state index is 0.239. The number of benzene rings is 2. The molecule has 2 aromatic carbocycles. The number of halogens is 2. The van der Waals surface area contributed by atoms with Crippen LogP contribution in [-0.2, 0) is 6.54 Å². The molecule has 0 saturated carbocycles. The first kappa shape index (κ1) is 21.2. The van der Waals surface area contributed by atoms with Crippen molar-refractivity contribution >= 4 is 34.9 Å². The highest BCUT2D eigenvalue weighted by atomic mass is 35.5. The lowest BCUT2D eigenvalue weighted by Crippen LogP contribution is -2.15. The molecule has 0 radical (unpaired) electrons. The van der Waals surface area contributed by atoms with Gasteiger partial charge >= 0.3 is 0 Å². The summed E-state index contributed by atoms with van der Waals surface area (Å²) in [6, 6.07) is 17.0. The van der Waals surface area contributed by atoms with E-state index in [9.17, 15) is 4.79 Å². The van der Waals surface area contributed by atoms with E-state index in [1.807, 2.05) is 74.0 Å². The Balaban J connectivity index is 1.55. The number of nitrogens with zero attached hydrogens (tertiary/aromatic N) is 4. The summed E-state index contributed by atoms with van der Waals surface area (Å²) in [5.74, 6) is 0.241. The van der Waals surface area contributed by atoms with Gasteiger partial charge in [-0.05, 0) is 50.6 Å². The topological polar surface area (TPSA) is 64.7 Å². The predicted molar refractivity (Wildman–Crippen MR) is 124 cm³/mol. The number of hydrogen-bond donors (Lipinski definition) is 1. The summed E-state index contributed by atoms with van der Waals surface area (Å²) in [5, 5.41) is 13.0. The maximum Gasteiger partial charge on any atom is 0.260 e. The van der Waals surface area contributed by atoms with Gasteiger partial charge in [0.05, 0.1) is 39.2 Å². The van der Waals surface area contributed by atoms with E-state index in [-0.39, 0.29) is 5.91 Å². The number of hydrogen-bond acceptors (Lipinski definition) is 3. The Morgan fingerprint density at radius 1 is 0.968 bits per heavy atom. The SMILES string of the molecule is Cc1nn(-c2ccccc2)c(C)c1C(=O)Nc1cc(C)n(Cc2ccc(Cl)c(Cl)c2)n1. The lowest BCUT2D eigenvalue weighted by molar-refractivity contribution is 0.102. The number of carbonyl (C=O) groups excluding carboxylic acids is 1. The molecule has 0 aliphatic rings. The molecule has 0 fully saturated rings. The number of nitrogens with one attached hydrogen (secondary N) is 1. The number of aromatic nitrogens is 4. The van der Waals surface area contributed by atoms with Crippen LogP contribution in [-0.4, -0.2) is 25.5 Å². The van der Waals surface area contributed by atoms with Crippen molar-refractivity contribution in [2.24, 2.45) is 0 Å². The second-order valence-electron chi connectivity index (χ2n) is 7.32. The molecule has 1 amide bonds. The normalized spacial score (nSPS) is 11.0. The fourth-order valence-electron chi connectivity index (χ4n) is 3.51. The Bertz CT molecular complexity index is 1260. The van der Waals surface area contributed by atoms with Gasteiger partial charge < -0.3 is 5.32 Å². The number of para-hydroxylation sites is 1. The van der Waals surface area contributed by atoms with Crippen molar-refractivity contribution in [3.63, 3.8) is 0 Å². The quantitative estimate of drug-likeness (QED) is 0.427. The fourth-order valence-corrected chi connectivity index (χ4v) is 3.83. The van der Waals surface area contributed by atoms with Crippen molar-refractivity contribution in [3.05, 3.63) is 92.9 Å². The Kier molecular flexibility index (Phi) is 5.85. The third-order valence-electron chi connectivity index (χ3n) is 5.06. The van der Waals surface area contributed by atoms with Gasteiger partial charge in [0.15, 0.2) is 5.82 Å². The van der Waals surface area contributed by atoms with Crippen LogP contribution in [0.1, 0.15) is 33.0 Å². The molecule has 0 atom stereocenters. The maximum absolute atomic E-state index is 13.0. The van der Waals surface area contributed by atoms with Gasteiger partial charge in [0, 0.05) is 11.8 Å². The predicted octanol–water partition coefficient (Wildman–Crippen LogP) is 5.60. The van der Waals surface area contributed by atoms with E-state index in [4.69, 9.17) is 23.2 Å². The van der Waals surface area contributed by atoms with Crippen LogP contribution in [0.5, 0.6) is 0 Å². The van der Waals surface area contributed by atoms with Crippen LogP contribution in [0.4, 0.5) is 5.82 Å². The van der Waals surface area contributed by atoms with Gasteiger partial charge in [0.25, 0.3) is 5.91 Å². The molecular formula is C23H21Cl2N5O. The first-order chi connectivity index (χ1) is 14.8. The zero-order chi connectivity index (χ0) is 22.1. The van der Waals surface area contributed by atoms with Gasteiger partial charge in [-0.15, -0.1) is 0 Å². The van der Waals surface area contributed by atoms with E-state index in [1.54, 1.807) is 10.7 Å². The molecule has 0 saturated heterocycles. The van der Waals surface area contributed by atoms with E-state index >= 15 is 0 Å². The minimum Gasteiger partial charge on any atom is -0.305 e. The summed E-state index contributed by atoms with van der Waals surface area (Å²) in [6.45, 7) is 6.16. The molecule has 0 spiro atoms. The average Bonchev–Trinajstić information content (AvgIpc) is 3.23. The second kappa shape index (κ2) is 8.57. The molecule has 2 aromatic heterocycles. The molecule has 1 N–H and O–H groups in total. The number of rotatable bonds is 5. The summed E-state index contributed by atoms with van der Waals surface area (Å²) in [4.78, 5) is 13.0. The molecular weight excluding hydrogens is 433 g/mol. The standard InChI is InChI=1S/C23H21Cl2N5O/c1-14-11-21(28-29(14)13-17-9-10-19(24)20(25)12-17)26-23(31)22-15(2)27-30(16(22)3)18-7-5-4-6-8-18/h4-12H,13H2,1-3H3,(H,26,28,31). The average molecular weight is 454 g/mol. The van der Waals surface area contributed by atoms with Crippen LogP contribution in [0.3, 0.4) is 0 Å². The summed E-state index contributed by atoms with van der Waals surface area (Å²) in [5.41, 5.74) is 4.76. The fraction of sp³-hybridized carbons (Fsp3) is 0.174. The van der Waals surface area contributed by atoms with Gasteiger partial charge in [-0.25, -0.2) is 4.68 Å². The van der Waals surface area contributed by atoms with Gasteiger partial charge in [-0.3, -0.25) is 9.48 Å². The molecule has 8 heteroatoms. The third kappa shape index (κ3) is 4.36. The first-order valence-corrected chi connectivity index (χ1v) is 10.5. The Morgan fingerprint density at radius 2 is 1.71 bits per heavy atom. The van der Waals surface area contributed by atoms with Crippen LogP contribution >= 0.6 is 23.2 Å². The smallest absolute Gasteiger partial charge is 0.260 e. The monoisotopic (exact) mass is 453 g/mol. The molecule has 158 valence electrons. The van der Waals surface area contributed by atoms with Crippen molar-refractivity contribution in [2.45, 2.75) is 27.3 Å². The van der Waals surface area contributed by atoms with Crippen molar-refractivity contribution in [1.82, 2.24) is 19.6 Å². The highest BCUT2D eigenvalue weighted by Gasteiger charge is 2.20. The van der Waals surface area contributed by atoms with Crippen LogP contribution < -0.4 is 5.32 Å². The Hall–Kier alpha value is -3.09. The molecule has 4 aromatic rings. The highest BCUT2D eigenvalue weighted by Crippen LogP contribution is 2.24. The van der Waals surface area contributed by atoms with Crippen molar-refractivity contribution in [3.8, 4) is 5.69 Å². The number of carbonyl (C=O) groups is 1. The molecule has 6 nitrogen and oxygen atoms in total. The first-order valence-electron chi connectivity index (χ1n) is 9.75. The zero-order valence-electron chi connectivity index (χ0n) is 17.4. The Labute approximate surface area is 190 Å². The zero-order valence-corrected chi connectivity index (χ0v) is 18.9.